The molecule has 2 aromatic heterocycles. The van der Waals surface area contributed by atoms with Crippen LogP contribution in [-0.2, 0) is 20.9 Å². The molecule has 2 aliphatic heterocycles. The van der Waals surface area contributed by atoms with Crippen molar-refractivity contribution in [3.63, 3.8) is 0 Å². The molecular weight excluding hydrogens is 787 g/mol. The number of piperazine rings is 2. The Bertz CT molecular complexity index is 2040. The van der Waals surface area contributed by atoms with E-state index in [0.29, 0.717) is 54.1 Å². The van der Waals surface area contributed by atoms with Crippen LogP contribution in [0, 0.1) is 22.2 Å². The van der Waals surface area contributed by atoms with Crippen LogP contribution in [0.1, 0.15) is 49.3 Å². The summed E-state index contributed by atoms with van der Waals surface area (Å²) in [5.74, 6) is 0.713. The topological polar surface area (TPSA) is 157 Å². The van der Waals surface area contributed by atoms with Crippen molar-refractivity contribution in [2.24, 2.45) is 10.8 Å². The summed E-state index contributed by atoms with van der Waals surface area (Å²) in [4.78, 5) is 32.0. The first-order valence-corrected chi connectivity index (χ1v) is 20.7. The summed E-state index contributed by atoms with van der Waals surface area (Å²) in [6, 6.07) is 7.83. The highest BCUT2D eigenvalue weighted by molar-refractivity contribution is 7.89. The number of hydrogen-bond donors (Lipinski definition) is 1. The Morgan fingerprint density at radius 2 is 1.63 bits per heavy atom. The van der Waals surface area contributed by atoms with Gasteiger partial charge in [0, 0.05) is 88.0 Å². The summed E-state index contributed by atoms with van der Waals surface area (Å²) < 4.78 is 78.5. The van der Waals surface area contributed by atoms with Gasteiger partial charge in [-0.2, -0.15) is 22.7 Å². The summed E-state index contributed by atoms with van der Waals surface area (Å²) in [6.45, 7) is 12.8. The molecule has 1 aliphatic carbocycles. The average molecular weight is 834 g/mol. The third-order valence-electron chi connectivity index (χ3n) is 11.1. The number of anilines is 2. The van der Waals surface area contributed by atoms with E-state index in [1.165, 1.54) is 16.7 Å². The number of benzene rings is 1. The van der Waals surface area contributed by atoms with Crippen LogP contribution in [0.2, 0.25) is 5.02 Å². The highest BCUT2D eigenvalue weighted by Crippen LogP contribution is 2.55. The van der Waals surface area contributed by atoms with Crippen LogP contribution in [-0.4, -0.2) is 128 Å². The molecule has 1 amide bonds. The normalized spacial score (nSPS) is 21.4. The van der Waals surface area contributed by atoms with Crippen LogP contribution in [0.25, 0.3) is 0 Å². The fourth-order valence-electron chi connectivity index (χ4n) is 8.17. The number of halogens is 4. The number of sulfonamides is 1. The first-order chi connectivity index (χ1) is 26.9. The maximum absolute atomic E-state index is 13.3. The van der Waals surface area contributed by atoms with Crippen LogP contribution in [0.5, 0.6) is 5.75 Å². The van der Waals surface area contributed by atoms with E-state index in [2.05, 4.69) is 30.1 Å². The Kier molecular flexibility index (Phi) is 12.6. The Balaban J connectivity index is 0.886. The van der Waals surface area contributed by atoms with Crippen LogP contribution in [0.15, 0.2) is 49.1 Å². The fraction of sp³-hybridized carbons (Fsp3) is 0.553. The maximum Gasteiger partial charge on any atom is 0.417 e. The molecule has 19 heteroatoms. The summed E-state index contributed by atoms with van der Waals surface area (Å²) in [6.07, 6.45) is 0.470. The highest BCUT2D eigenvalue weighted by Gasteiger charge is 2.64. The number of carbonyl (C=O) groups is 1. The molecule has 3 aliphatic rings. The van der Waals surface area contributed by atoms with Gasteiger partial charge in [0.05, 0.1) is 59.4 Å². The van der Waals surface area contributed by atoms with Crippen molar-refractivity contribution < 1.29 is 35.9 Å². The quantitative estimate of drug-likeness (QED) is 0.244. The smallest absolute Gasteiger partial charge is 0.417 e. The Hall–Kier alpha value is -4.28. The van der Waals surface area contributed by atoms with Crippen LogP contribution in [0.4, 0.5) is 24.7 Å². The number of nitrogens with zero attached hydrogens (tertiary/aromatic N) is 8. The largest absolute Gasteiger partial charge is 0.489 e. The molecule has 1 N–H and O–H groups in total. The molecule has 3 fully saturated rings. The lowest BCUT2D eigenvalue weighted by Gasteiger charge is -2.63. The Morgan fingerprint density at radius 1 is 0.947 bits per heavy atom. The minimum Gasteiger partial charge on any atom is -0.489 e. The van der Waals surface area contributed by atoms with E-state index in [-0.39, 0.29) is 62.3 Å². The second kappa shape index (κ2) is 16.9. The number of pyridine rings is 1. The van der Waals surface area contributed by atoms with Gasteiger partial charge in [0.25, 0.3) is 5.91 Å². The molecule has 2 saturated heterocycles. The zero-order valence-corrected chi connectivity index (χ0v) is 33.9. The van der Waals surface area contributed by atoms with Crippen molar-refractivity contribution in [3.8, 4) is 11.8 Å². The molecule has 0 radical (unpaired) electrons. The monoisotopic (exact) mass is 833 g/mol. The van der Waals surface area contributed by atoms with E-state index in [0.717, 1.165) is 25.4 Å². The third-order valence-corrected chi connectivity index (χ3v) is 13.2. The van der Waals surface area contributed by atoms with E-state index in [1.807, 2.05) is 33.8 Å². The van der Waals surface area contributed by atoms with Gasteiger partial charge in [-0.05, 0) is 18.2 Å². The first-order valence-electron chi connectivity index (χ1n) is 18.7. The van der Waals surface area contributed by atoms with Crippen LogP contribution in [0.3, 0.4) is 0 Å². The first kappa shape index (κ1) is 42.3. The standard InChI is InChI=1S/C38H47ClF3N9O5S/c1-36(2)34(37(3,4)35(36)56-29-6-5-26(21-43)30(39)20-29)47-33(52)31-24-46-32(25-45-31)50-9-7-48(8-10-50)15-16-55-17-18-57(53,54)51-13-11-49(12-14-51)28-19-27(22-44-23-28)38(40,41)42/h5-6,19-20,22-25,34-35H,7-18H2,1-4H3,(H,47,52). The molecule has 3 aromatic rings. The third kappa shape index (κ3) is 9.55. The average Bonchev–Trinajstić information content (AvgIpc) is 3.18. The lowest BCUT2D eigenvalue weighted by molar-refractivity contribution is -0.164. The van der Waals surface area contributed by atoms with Gasteiger partial charge in [0.15, 0.2) is 0 Å². The second-order valence-electron chi connectivity index (χ2n) is 15.6. The lowest BCUT2D eigenvalue weighted by Crippen LogP contribution is -2.74. The number of carbonyl (C=O) groups excluding carboxylic acids is 1. The van der Waals surface area contributed by atoms with E-state index in [1.54, 1.807) is 29.3 Å². The molecule has 0 unspecified atom stereocenters. The second-order valence-corrected chi connectivity index (χ2v) is 18.1. The van der Waals surface area contributed by atoms with Gasteiger partial charge in [0.1, 0.15) is 29.4 Å². The molecule has 0 bridgehead atoms. The van der Waals surface area contributed by atoms with Gasteiger partial charge in [0.2, 0.25) is 10.0 Å². The molecule has 1 saturated carbocycles. The van der Waals surface area contributed by atoms with Crippen LogP contribution >= 0.6 is 11.6 Å². The minimum atomic E-state index is -4.50. The Morgan fingerprint density at radius 3 is 2.25 bits per heavy atom. The summed E-state index contributed by atoms with van der Waals surface area (Å²) in [5.41, 5.74) is -0.796. The molecule has 0 spiro atoms. The number of ether oxygens (including phenoxy) is 2. The molecule has 1 aromatic carbocycles. The molecule has 4 heterocycles. The van der Waals surface area contributed by atoms with Gasteiger partial charge in [-0.15, -0.1) is 0 Å². The number of rotatable bonds is 13. The molecule has 308 valence electrons. The number of aromatic nitrogens is 3. The van der Waals surface area contributed by atoms with Gasteiger partial charge < -0.3 is 24.6 Å². The predicted molar refractivity (Wildman–Crippen MR) is 208 cm³/mol. The lowest BCUT2D eigenvalue weighted by atomic mass is 9.49. The number of amides is 1. The van der Waals surface area contributed by atoms with Crippen molar-refractivity contribution in [1.29, 1.82) is 5.26 Å². The van der Waals surface area contributed by atoms with E-state index >= 15 is 0 Å². The number of nitriles is 1. The van der Waals surface area contributed by atoms with Gasteiger partial charge in [-0.3, -0.25) is 14.7 Å². The molecule has 14 nitrogen and oxygen atoms in total. The minimum absolute atomic E-state index is 0.0353. The zero-order valence-electron chi connectivity index (χ0n) is 32.3. The van der Waals surface area contributed by atoms with Crippen molar-refractivity contribution in [2.45, 2.75) is 46.0 Å². The van der Waals surface area contributed by atoms with Crippen molar-refractivity contribution in [3.05, 3.63) is 70.9 Å². The van der Waals surface area contributed by atoms with E-state index < -0.39 is 32.6 Å². The highest BCUT2D eigenvalue weighted by atomic mass is 35.5. The maximum atomic E-state index is 13.3. The van der Waals surface area contributed by atoms with E-state index in [4.69, 9.17) is 21.1 Å². The molecule has 0 atom stereocenters. The van der Waals surface area contributed by atoms with Crippen molar-refractivity contribution >= 4 is 39.0 Å². The molecule has 6 rings (SSSR count). The number of alkyl halides is 3. The fourth-order valence-corrected chi connectivity index (χ4v) is 9.69. The SMILES string of the molecule is CC1(C)C(NC(=O)c2cnc(N3CCN(CCOCCS(=O)(=O)N4CCN(c5cncc(C(F)(F)F)c5)CC4)CC3)cn2)C(C)(C)C1Oc1ccc(C#N)c(Cl)c1. The molecular formula is C38H47ClF3N9O5S. The van der Waals surface area contributed by atoms with Crippen molar-refractivity contribution in [1.82, 2.24) is 29.5 Å². The number of nitrogens with one attached hydrogen (secondary N) is 1. The van der Waals surface area contributed by atoms with Crippen molar-refractivity contribution in [2.75, 3.05) is 87.7 Å². The van der Waals surface area contributed by atoms with Gasteiger partial charge >= 0.3 is 6.18 Å². The summed E-state index contributed by atoms with van der Waals surface area (Å²) >= 11 is 6.21. The van der Waals surface area contributed by atoms with Gasteiger partial charge in [-0.25, -0.2) is 18.4 Å². The Labute approximate surface area is 336 Å². The summed E-state index contributed by atoms with van der Waals surface area (Å²) in [7, 11) is -3.59. The van der Waals surface area contributed by atoms with E-state index in [9.17, 15) is 31.6 Å². The predicted octanol–water partition coefficient (Wildman–Crippen LogP) is 4.32. The van der Waals surface area contributed by atoms with Gasteiger partial charge in [-0.1, -0.05) is 39.3 Å². The summed E-state index contributed by atoms with van der Waals surface area (Å²) in [5, 5.41) is 12.6. The number of hydrogen-bond acceptors (Lipinski definition) is 12. The van der Waals surface area contributed by atoms with Crippen LogP contribution < -0.4 is 19.9 Å². The molecule has 57 heavy (non-hydrogen) atoms. The zero-order chi connectivity index (χ0) is 41.2.